The Hall–Kier alpha value is -2.77. The van der Waals surface area contributed by atoms with Gasteiger partial charge in [-0.1, -0.05) is 30.3 Å². The number of hydrogen-bond acceptors (Lipinski definition) is 5. The molecule has 1 aliphatic rings. The molecule has 1 aromatic rings. The molecule has 0 spiro atoms. The van der Waals surface area contributed by atoms with Gasteiger partial charge in [0.15, 0.2) is 0 Å². The van der Waals surface area contributed by atoms with E-state index in [0.29, 0.717) is 6.42 Å². The van der Waals surface area contributed by atoms with Gasteiger partial charge in [0.1, 0.15) is 18.2 Å². The van der Waals surface area contributed by atoms with E-state index in [2.05, 4.69) is 5.32 Å². The van der Waals surface area contributed by atoms with Crippen LogP contribution in [0.5, 0.6) is 0 Å². The molecule has 0 aromatic heterocycles. The fraction of sp³-hybridized carbons (Fsp3) is 0.526. The van der Waals surface area contributed by atoms with Crippen molar-refractivity contribution in [2.45, 2.75) is 57.9 Å². The molecule has 1 heterocycles. The van der Waals surface area contributed by atoms with Gasteiger partial charge in [0, 0.05) is 6.54 Å². The molecule has 0 aliphatic carbocycles. The molecule has 8 nitrogen and oxygen atoms in total. The summed E-state index contributed by atoms with van der Waals surface area (Å²) in [6.07, 6.45) is -0.671. The highest BCUT2D eigenvalue weighted by Gasteiger charge is 2.37. The van der Waals surface area contributed by atoms with Crippen LogP contribution in [0.4, 0.5) is 9.59 Å². The third-order valence-corrected chi connectivity index (χ3v) is 4.03. The van der Waals surface area contributed by atoms with Crippen molar-refractivity contribution in [3.8, 4) is 0 Å². The molecule has 0 bridgehead atoms. The topological polar surface area (TPSA) is 105 Å². The highest BCUT2D eigenvalue weighted by molar-refractivity contribution is 5.80. The van der Waals surface area contributed by atoms with Crippen molar-refractivity contribution in [3.05, 3.63) is 35.9 Å². The summed E-state index contributed by atoms with van der Waals surface area (Å²) < 4.78 is 10.5. The van der Waals surface area contributed by atoms with E-state index < -0.39 is 35.8 Å². The van der Waals surface area contributed by atoms with Crippen molar-refractivity contribution >= 4 is 18.2 Å². The van der Waals surface area contributed by atoms with E-state index in [1.807, 2.05) is 30.3 Å². The number of likely N-dealkylation sites (tertiary alicyclic amines) is 1. The summed E-state index contributed by atoms with van der Waals surface area (Å²) in [7, 11) is 0. The van der Waals surface area contributed by atoms with Crippen molar-refractivity contribution < 1.29 is 29.0 Å². The minimum absolute atomic E-state index is 0.0455. The molecule has 2 atom stereocenters. The minimum Gasteiger partial charge on any atom is -0.480 e. The maximum atomic E-state index is 12.4. The van der Waals surface area contributed by atoms with Gasteiger partial charge < -0.3 is 19.9 Å². The van der Waals surface area contributed by atoms with Gasteiger partial charge in [0.2, 0.25) is 0 Å². The van der Waals surface area contributed by atoms with E-state index in [1.54, 1.807) is 20.8 Å². The highest BCUT2D eigenvalue weighted by atomic mass is 16.6. The van der Waals surface area contributed by atoms with Gasteiger partial charge in [-0.2, -0.15) is 0 Å². The monoisotopic (exact) mass is 378 g/mol. The Balaban J connectivity index is 1.98. The number of carbonyl (C=O) groups excluding carboxylic acids is 2. The molecule has 8 heteroatoms. The molecule has 0 saturated carbocycles. The first kappa shape index (κ1) is 20.5. The molecule has 0 radical (unpaired) electrons. The van der Waals surface area contributed by atoms with Crippen LogP contribution in [0.15, 0.2) is 30.3 Å². The van der Waals surface area contributed by atoms with Crippen molar-refractivity contribution in [2.24, 2.45) is 0 Å². The number of nitrogens with one attached hydrogen (secondary N) is 1. The van der Waals surface area contributed by atoms with Gasteiger partial charge in [0.25, 0.3) is 0 Å². The zero-order chi connectivity index (χ0) is 20.0. The minimum atomic E-state index is -1.10. The fourth-order valence-electron chi connectivity index (χ4n) is 2.82. The van der Waals surface area contributed by atoms with Crippen LogP contribution in [0.3, 0.4) is 0 Å². The number of carboxylic acid groups (broad SMARTS) is 1. The predicted octanol–water partition coefficient (Wildman–Crippen LogP) is 2.77. The average molecular weight is 378 g/mol. The third kappa shape index (κ3) is 6.47. The van der Waals surface area contributed by atoms with Gasteiger partial charge in [-0.25, -0.2) is 14.4 Å². The van der Waals surface area contributed by atoms with Crippen LogP contribution in [0.25, 0.3) is 0 Å². The quantitative estimate of drug-likeness (QED) is 0.835. The summed E-state index contributed by atoms with van der Waals surface area (Å²) >= 11 is 0. The van der Waals surface area contributed by atoms with E-state index >= 15 is 0 Å². The Morgan fingerprint density at radius 1 is 1.19 bits per heavy atom. The van der Waals surface area contributed by atoms with E-state index in [0.717, 1.165) is 10.5 Å². The van der Waals surface area contributed by atoms with Crippen LogP contribution in [0.1, 0.15) is 39.2 Å². The zero-order valence-corrected chi connectivity index (χ0v) is 15.8. The summed E-state index contributed by atoms with van der Waals surface area (Å²) in [5.41, 5.74) is 0.162. The van der Waals surface area contributed by atoms with Crippen LogP contribution in [0, 0.1) is 0 Å². The van der Waals surface area contributed by atoms with Crippen molar-refractivity contribution in [1.29, 1.82) is 0 Å². The van der Waals surface area contributed by atoms with E-state index in [-0.39, 0.29) is 19.6 Å². The highest BCUT2D eigenvalue weighted by Crippen LogP contribution is 2.20. The predicted molar refractivity (Wildman–Crippen MR) is 97.1 cm³/mol. The Bertz CT molecular complexity index is 671. The summed E-state index contributed by atoms with van der Waals surface area (Å²) in [4.78, 5) is 37.0. The Kier molecular flexibility index (Phi) is 6.65. The number of carboxylic acids is 1. The lowest BCUT2D eigenvalue weighted by Gasteiger charge is -2.37. The normalized spacial score (nSPS) is 19.9. The molecular formula is C19H26N2O6. The van der Waals surface area contributed by atoms with E-state index in [4.69, 9.17) is 9.47 Å². The molecule has 2 unspecified atom stereocenters. The first-order valence-electron chi connectivity index (χ1n) is 8.85. The Morgan fingerprint density at radius 2 is 1.85 bits per heavy atom. The third-order valence-electron chi connectivity index (χ3n) is 4.03. The SMILES string of the molecule is CC(C)(C)OC(=O)NC1CCC(C(=O)O)N(C(=O)OCc2ccccc2)C1. The smallest absolute Gasteiger partial charge is 0.410 e. The summed E-state index contributed by atoms with van der Waals surface area (Å²) in [6.45, 7) is 5.35. The second-order valence-corrected chi connectivity index (χ2v) is 7.47. The number of benzene rings is 1. The van der Waals surface area contributed by atoms with Crippen molar-refractivity contribution in [1.82, 2.24) is 10.2 Å². The van der Waals surface area contributed by atoms with Crippen molar-refractivity contribution in [2.75, 3.05) is 6.54 Å². The lowest BCUT2D eigenvalue weighted by molar-refractivity contribution is -0.144. The molecule has 1 aliphatic heterocycles. The lowest BCUT2D eigenvalue weighted by Crippen LogP contribution is -2.56. The number of rotatable bonds is 4. The van der Waals surface area contributed by atoms with Gasteiger partial charge >= 0.3 is 18.2 Å². The van der Waals surface area contributed by atoms with Crippen LogP contribution in [-0.2, 0) is 20.9 Å². The van der Waals surface area contributed by atoms with Gasteiger partial charge in [-0.15, -0.1) is 0 Å². The largest absolute Gasteiger partial charge is 0.480 e. The zero-order valence-electron chi connectivity index (χ0n) is 15.8. The summed E-state index contributed by atoms with van der Waals surface area (Å²) in [5.74, 6) is -1.10. The molecule has 1 saturated heterocycles. The molecule has 2 N–H and O–H groups in total. The summed E-state index contributed by atoms with van der Waals surface area (Å²) in [6, 6.07) is 7.74. The maximum Gasteiger partial charge on any atom is 0.410 e. The number of hydrogen-bond donors (Lipinski definition) is 2. The van der Waals surface area contributed by atoms with Gasteiger partial charge in [0.05, 0.1) is 6.04 Å². The molecule has 148 valence electrons. The van der Waals surface area contributed by atoms with Gasteiger partial charge in [-0.05, 0) is 39.2 Å². The number of nitrogens with zero attached hydrogens (tertiary/aromatic N) is 1. The number of piperidine rings is 1. The first-order valence-corrected chi connectivity index (χ1v) is 8.85. The van der Waals surface area contributed by atoms with E-state index in [9.17, 15) is 19.5 Å². The first-order chi connectivity index (χ1) is 12.7. The average Bonchev–Trinajstić information content (AvgIpc) is 2.58. The van der Waals surface area contributed by atoms with Crippen LogP contribution < -0.4 is 5.32 Å². The standard InChI is InChI=1S/C19H26N2O6/c1-19(2,3)27-17(24)20-14-9-10-15(16(22)23)21(11-14)18(25)26-12-13-7-5-4-6-8-13/h4-8,14-15H,9-12H2,1-3H3,(H,20,24)(H,22,23). The molecule has 1 fully saturated rings. The van der Waals surface area contributed by atoms with E-state index in [1.165, 1.54) is 0 Å². The molecule has 2 rings (SSSR count). The second kappa shape index (κ2) is 8.75. The Morgan fingerprint density at radius 3 is 2.44 bits per heavy atom. The second-order valence-electron chi connectivity index (χ2n) is 7.47. The van der Waals surface area contributed by atoms with Crippen LogP contribution in [-0.4, -0.2) is 52.4 Å². The number of amides is 2. The number of carbonyl (C=O) groups is 3. The van der Waals surface area contributed by atoms with Gasteiger partial charge in [-0.3, -0.25) is 4.90 Å². The van der Waals surface area contributed by atoms with Crippen molar-refractivity contribution in [3.63, 3.8) is 0 Å². The molecule has 2 amide bonds. The molecule has 27 heavy (non-hydrogen) atoms. The molecular weight excluding hydrogens is 352 g/mol. The number of alkyl carbamates (subject to hydrolysis) is 1. The number of aliphatic carboxylic acids is 1. The Labute approximate surface area is 158 Å². The lowest BCUT2D eigenvalue weighted by atomic mass is 9.99. The fourth-order valence-corrected chi connectivity index (χ4v) is 2.82. The van der Waals surface area contributed by atoms with Crippen LogP contribution >= 0.6 is 0 Å². The van der Waals surface area contributed by atoms with Crippen LogP contribution in [0.2, 0.25) is 0 Å². The number of ether oxygens (including phenoxy) is 2. The maximum absolute atomic E-state index is 12.4. The molecule has 1 aromatic carbocycles. The summed E-state index contributed by atoms with van der Waals surface area (Å²) in [5, 5.41) is 12.1.